The molecule has 0 saturated carbocycles. The third-order valence-electron chi connectivity index (χ3n) is 3.54. The summed E-state index contributed by atoms with van der Waals surface area (Å²) in [7, 11) is 0. The number of phenolic OH excluding ortho intramolecular Hbond substituents is 2. The molecule has 0 saturated heterocycles. The molecular formula is C21H20O4. The summed E-state index contributed by atoms with van der Waals surface area (Å²) < 4.78 is 0. The molecule has 2 aromatic carbocycles. The Kier molecular flexibility index (Phi) is 6.72. The Hall–Kier alpha value is -3.14. The Labute approximate surface area is 146 Å². The van der Waals surface area contributed by atoms with Crippen LogP contribution in [0, 0.1) is 0 Å². The molecule has 128 valence electrons. The van der Waals surface area contributed by atoms with Crippen molar-refractivity contribution in [3.63, 3.8) is 0 Å². The molecule has 2 N–H and O–H groups in total. The molecule has 0 aliphatic heterocycles. The number of ketones is 2. The summed E-state index contributed by atoms with van der Waals surface area (Å²) in [5, 5.41) is 18.4. The zero-order chi connectivity index (χ0) is 18.1. The number of benzene rings is 2. The Balaban J connectivity index is 1.74. The normalized spacial score (nSPS) is 11.2. The number of rotatable bonds is 8. The largest absolute Gasteiger partial charge is 0.508 e. The predicted molar refractivity (Wildman–Crippen MR) is 96.5 cm³/mol. The molecule has 0 heterocycles. The molecule has 0 aromatic heterocycles. The van der Waals surface area contributed by atoms with Crippen molar-refractivity contribution in [3.05, 3.63) is 84.0 Å². The molecule has 0 unspecified atom stereocenters. The van der Waals surface area contributed by atoms with Crippen molar-refractivity contribution in [3.8, 4) is 11.5 Å². The maximum absolute atomic E-state index is 11.8. The van der Waals surface area contributed by atoms with E-state index >= 15 is 0 Å². The fourth-order valence-corrected chi connectivity index (χ4v) is 2.21. The average molecular weight is 336 g/mol. The molecule has 0 radical (unpaired) electrons. The zero-order valence-electron chi connectivity index (χ0n) is 13.8. The molecule has 0 atom stereocenters. The first-order valence-corrected chi connectivity index (χ1v) is 7.97. The van der Waals surface area contributed by atoms with E-state index in [1.165, 1.54) is 12.2 Å². The number of carbonyl (C=O) groups is 2. The summed E-state index contributed by atoms with van der Waals surface area (Å²) in [5.74, 6) is -0.0712. The van der Waals surface area contributed by atoms with E-state index in [-0.39, 0.29) is 29.5 Å². The molecule has 0 amide bonds. The second-order valence-electron chi connectivity index (χ2n) is 5.66. The van der Waals surface area contributed by atoms with Gasteiger partial charge in [0, 0.05) is 0 Å². The highest BCUT2D eigenvalue weighted by Crippen LogP contribution is 2.11. The van der Waals surface area contributed by atoms with E-state index in [4.69, 9.17) is 0 Å². The van der Waals surface area contributed by atoms with E-state index in [9.17, 15) is 19.8 Å². The fourth-order valence-electron chi connectivity index (χ4n) is 2.21. The number of carbonyl (C=O) groups excluding carboxylic acids is 2. The van der Waals surface area contributed by atoms with Gasteiger partial charge < -0.3 is 10.2 Å². The number of hydrogen-bond acceptors (Lipinski definition) is 4. The van der Waals surface area contributed by atoms with Gasteiger partial charge in [-0.05, 0) is 60.4 Å². The lowest BCUT2D eigenvalue weighted by molar-refractivity contribution is -0.121. The lowest BCUT2D eigenvalue weighted by atomic mass is 10.1. The van der Waals surface area contributed by atoms with Crippen LogP contribution in [0.2, 0.25) is 0 Å². The molecule has 2 rings (SSSR count). The Bertz CT molecular complexity index is 701. The Morgan fingerprint density at radius 3 is 1.40 bits per heavy atom. The minimum Gasteiger partial charge on any atom is -0.508 e. The van der Waals surface area contributed by atoms with Crippen LogP contribution in [-0.4, -0.2) is 21.8 Å². The molecule has 0 bridgehead atoms. The molecule has 4 heteroatoms. The molecule has 25 heavy (non-hydrogen) atoms. The van der Waals surface area contributed by atoms with Gasteiger partial charge in [-0.3, -0.25) is 9.59 Å². The van der Waals surface area contributed by atoms with E-state index in [1.54, 1.807) is 60.7 Å². The second-order valence-corrected chi connectivity index (χ2v) is 5.66. The zero-order valence-corrected chi connectivity index (χ0v) is 13.8. The van der Waals surface area contributed by atoms with Gasteiger partial charge in [-0.1, -0.05) is 36.4 Å². The van der Waals surface area contributed by atoms with Crippen LogP contribution < -0.4 is 0 Å². The first kappa shape index (κ1) is 18.2. The Morgan fingerprint density at radius 1 is 0.680 bits per heavy atom. The van der Waals surface area contributed by atoms with Gasteiger partial charge in [0.2, 0.25) is 0 Å². The van der Waals surface area contributed by atoms with Gasteiger partial charge in [-0.25, -0.2) is 0 Å². The van der Waals surface area contributed by atoms with Crippen LogP contribution in [0.3, 0.4) is 0 Å². The van der Waals surface area contributed by atoms with E-state index in [0.717, 1.165) is 11.1 Å². The van der Waals surface area contributed by atoms with Gasteiger partial charge in [0.15, 0.2) is 11.6 Å². The van der Waals surface area contributed by atoms with E-state index in [1.807, 2.05) is 0 Å². The number of phenols is 2. The van der Waals surface area contributed by atoms with Gasteiger partial charge >= 0.3 is 0 Å². The summed E-state index contributed by atoms with van der Waals surface area (Å²) in [6.07, 6.45) is 7.23. The lowest BCUT2D eigenvalue weighted by Crippen LogP contribution is -2.02. The molecular weight excluding hydrogens is 316 g/mol. The standard InChI is InChI=1S/C21H20O4/c22-18-11-7-16(8-12-18)3-1-5-20(24)15-21(25)6-2-4-17-9-13-19(23)14-10-17/h1-2,5-14,22-23H,3-4,15H2. The first-order valence-electron chi connectivity index (χ1n) is 7.97. The maximum atomic E-state index is 11.8. The summed E-state index contributed by atoms with van der Waals surface area (Å²) in [5.41, 5.74) is 1.95. The molecule has 0 fully saturated rings. The van der Waals surface area contributed by atoms with Gasteiger partial charge in [0.25, 0.3) is 0 Å². The van der Waals surface area contributed by atoms with Gasteiger partial charge in [0.1, 0.15) is 11.5 Å². The monoisotopic (exact) mass is 336 g/mol. The Morgan fingerprint density at radius 2 is 1.04 bits per heavy atom. The van der Waals surface area contributed by atoms with E-state index in [0.29, 0.717) is 12.8 Å². The van der Waals surface area contributed by atoms with Crippen molar-refractivity contribution in [2.75, 3.05) is 0 Å². The van der Waals surface area contributed by atoms with Crippen LogP contribution in [0.25, 0.3) is 0 Å². The highest BCUT2D eigenvalue weighted by Gasteiger charge is 2.03. The number of aromatic hydroxyl groups is 2. The predicted octanol–water partition coefficient (Wildman–Crippen LogP) is 3.52. The minimum absolute atomic E-state index is 0.155. The minimum atomic E-state index is -0.238. The van der Waals surface area contributed by atoms with Gasteiger partial charge in [0.05, 0.1) is 6.42 Å². The highest BCUT2D eigenvalue weighted by molar-refractivity contribution is 6.08. The third kappa shape index (κ3) is 6.87. The first-order chi connectivity index (χ1) is 12.0. The van der Waals surface area contributed by atoms with E-state index < -0.39 is 0 Å². The van der Waals surface area contributed by atoms with Crippen LogP contribution in [0.1, 0.15) is 17.5 Å². The number of allylic oxidation sites excluding steroid dienone is 4. The summed E-state index contributed by atoms with van der Waals surface area (Å²) in [4.78, 5) is 23.5. The lowest BCUT2D eigenvalue weighted by Gasteiger charge is -1.97. The third-order valence-corrected chi connectivity index (χ3v) is 3.54. The maximum Gasteiger partial charge on any atom is 0.163 e. The van der Waals surface area contributed by atoms with Crippen molar-refractivity contribution in [2.24, 2.45) is 0 Å². The van der Waals surface area contributed by atoms with Crippen LogP contribution >= 0.6 is 0 Å². The van der Waals surface area contributed by atoms with Gasteiger partial charge in [-0.15, -0.1) is 0 Å². The SMILES string of the molecule is O=C(C=CCc1ccc(O)cc1)CC(=O)C=CCc1ccc(O)cc1. The summed E-state index contributed by atoms with van der Waals surface area (Å²) >= 11 is 0. The molecule has 0 spiro atoms. The molecule has 0 aliphatic carbocycles. The fraction of sp³-hybridized carbons (Fsp3) is 0.143. The van der Waals surface area contributed by atoms with Crippen LogP contribution in [-0.2, 0) is 22.4 Å². The van der Waals surface area contributed by atoms with Gasteiger partial charge in [-0.2, -0.15) is 0 Å². The van der Waals surface area contributed by atoms with Crippen molar-refractivity contribution < 1.29 is 19.8 Å². The van der Waals surface area contributed by atoms with E-state index in [2.05, 4.69) is 0 Å². The molecule has 4 nitrogen and oxygen atoms in total. The van der Waals surface area contributed by atoms with Crippen molar-refractivity contribution in [1.82, 2.24) is 0 Å². The quantitative estimate of drug-likeness (QED) is 0.571. The number of hydrogen-bond donors (Lipinski definition) is 2. The smallest absolute Gasteiger partial charge is 0.163 e. The van der Waals surface area contributed by atoms with Crippen molar-refractivity contribution in [1.29, 1.82) is 0 Å². The average Bonchev–Trinajstić information content (AvgIpc) is 2.58. The van der Waals surface area contributed by atoms with Crippen LogP contribution in [0.5, 0.6) is 11.5 Å². The summed E-state index contributed by atoms with van der Waals surface area (Å²) in [6, 6.07) is 13.5. The van der Waals surface area contributed by atoms with Crippen LogP contribution in [0.4, 0.5) is 0 Å². The highest BCUT2D eigenvalue weighted by atomic mass is 16.3. The molecule has 2 aromatic rings. The molecule has 0 aliphatic rings. The summed E-state index contributed by atoms with van der Waals surface area (Å²) in [6.45, 7) is 0. The van der Waals surface area contributed by atoms with Crippen LogP contribution in [0.15, 0.2) is 72.8 Å². The topological polar surface area (TPSA) is 74.6 Å². The van der Waals surface area contributed by atoms with Crippen molar-refractivity contribution in [2.45, 2.75) is 19.3 Å². The van der Waals surface area contributed by atoms with Crippen molar-refractivity contribution >= 4 is 11.6 Å². The second kappa shape index (κ2) is 9.23.